The van der Waals surface area contributed by atoms with E-state index in [4.69, 9.17) is 0 Å². The smallest absolute Gasteiger partial charge is 0.160 e. The molecule has 4 heteroatoms. The Balaban J connectivity index is 0.891. The van der Waals surface area contributed by atoms with Gasteiger partial charge in [0.25, 0.3) is 0 Å². The molecule has 0 amide bonds. The van der Waals surface area contributed by atoms with E-state index in [1.807, 2.05) is 0 Å². The van der Waals surface area contributed by atoms with Crippen molar-refractivity contribution in [2.24, 2.45) is 0 Å². The van der Waals surface area contributed by atoms with Crippen molar-refractivity contribution < 1.29 is 4.79 Å². The lowest BCUT2D eigenvalue weighted by Gasteiger charge is -2.48. The topological polar surface area (TPSA) is 23.6 Å². The third-order valence-electron chi connectivity index (χ3n) is 15.2. The molecule has 0 atom stereocenters. The van der Waals surface area contributed by atoms with E-state index in [0.717, 1.165) is 47.4 Å². The second-order valence-electron chi connectivity index (χ2n) is 18.2. The normalized spacial score (nSPS) is 29.8. The first-order chi connectivity index (χ1) is 25.2. The van der Waals surface area contributed by atoms with E-state index in [1.165, 1.54) is 201 Å². The van der Waals surface area contributed by atoms with Gasteiger partial charge in [0.15, 0.2) is 6.29 Å². The van der Waals surface area contributed by atoms with Crippen LogP contribution in [0.4, 0.5) is 0 Å². The van der Waals surface area contributed by atoms with E-state index in [2.05, 4.69) is 40.1 Å². The van der Waals surface area contributed by atoms with Crippen LogP contribution in [0.2, 0.25) is 0 Å². The minimum Gasteiger partial charge on any atom is -0.297 e. The number of thiophene rings is 1. The second kappa shape index (κ2) is 17.8. The molecule has 6 saturated carbocycles. The summed E-state index contributed by atoms with van der Waals surface area (Å²) in [5.74, 6) is 1.31. The van der Waals surface area contributed by atoms with Crippen molar-refractivity contribution in [3.05, 3.63) is 45.6 Å². The van der Waals surface area contributed by atoms with Gasteiger partial charge in [0.2, 0.25) is 0 Å². The molecule has 51 heavy (non-hydrogen) atoms. The highest BCUT2D eigenvalue weighted by Crippen LogP contribution is 2.45. The van der Waals surface area contributed by atoms with Crippen molar-refractivity contribution in [2.45, 2.75) is 228 Å². The van der Waals surface area contributed by atoms with Crippen molar-refractivity contribution >= 4 is 17.6 Å². The highest BCUT2D eigenvalue weighted by atomic mass is 32.1. The van der Waals surface area contributed by atoms with Gasteiger partial charge in [0.05, 0.1) is 4.88 Å². The monoisotopic (exact) mass is 711 g/mol. The number of hydrogen-bond donors (Lipinski definition) is 0. The first-order valence-corrected chi connectivity index (χ1v) is 23.3. The second-order valence-corrected chi connectivity index (χ2v) is 19.4. The van der Waals surface area contributed by atoms with Crippen molar-refractivity contribution in [3.63, 3.8) is 0 Å². The Kier molecular flexibility index (Phi) is 12.7. The predicted octanol–water partition coefficient (Wildman–Crippen LogP) is 13.2. The first kappa shape index (κ1) is 36.5. The van der Waals surface area contributed by atoms with Crippen LogP contribution < -0.4 is 0 Å². The third kappa shape index (κ3) is 8.59. The van der Waals surface area contributed by atoms with Crippen LogP contribution in [0.15, 0.2) is 30.3 Å². The standard InChI is InChI=1S/C47H70N2OS/c50-34-47-45(33-46(51-47)38-27-31-44(32-28-38)49(41-17-9-3-10-18-41)42-19-11-4-12-20-42)37-23-21-35(22-24-37)36-25-29-43(30-26-36)48(39-13-5-1-6-14-39)40-15-7-2-8-16-40/h21-24,33-34,36,38-44H,1-20,25-32H2. The summed E-state index contributed by atoms with van der Waals surface area (Å²) in [7, 11) is 0. The van der Waals surface area contributed by atoms with Crippen LogP contribution in [0.25, 0.3) is 11.1 Å². The maximum absolute atomic E-state index is 12.4. The quantitative estimate of drug-likeness (QED) is 0.229. The molecular weight excluding hydrogens is 641 g/mol. The Morgan fingerprint density at radius 2 is 0.824 bits per heavy atom. The van der Waals surface area contributed by atoms with E-state index >= 15 is 0 Å². The van der Waals surface area contributed by atoms with Crippen molar-refractivity contribution in [1.29, 1.82) is 0 Å². The van der Waals surface area contributed by atoms with Gasteiger partial charge in [-0.25, -0.2) is 0 Å². The molecule has 0 aliphatic heterocycles. The summed E-state index contributed by atoms with van der Waals surface area (Å²) in [6.07, 6.45) is 40.8. The van der Waals surface area contributed by atoms with Crippen LogP contribution >= 0.6 is 11.3 Å². The first-order valence-electron chi connectivity index (χ1n) is 22.5. The molecule has 6 aliphatic carbocycles. The molecule has 0 radical (unpaired) electrons. The lowest BCUT2D eigenvalue weighted by Crippen LogP contribution is -2.51. The largest absolute Gasteiger partial charge is 0.297 e. The molecule has 0 saturated heterocycles. The van der Waals surface area contributed by atoms with Crippen molar-refractivity contribution in [1.82, 2.24) is 9.80 Å². The molecule has 6 fully saturated rings. The van der Waals surface area contributed by atoms with Gasteiger partial charge in [-0.1, -0.05) is 101 Å². The number of benzene rings is 1. The molecule has 1 aromatic carbocycles. The number of aldehydes is 1. The minimum absolute atomic E-state index is 0.620. The highest BCUT2D eigenvalue weighted by molar-refractivity contribution is 7.14. The Hall–Kier alpha value is -1.49. The molecule has 1 aromatic heterocycles. The zero-order valence-electron chi connectivity index (χ0n) is 32.1. The average Bonchev–Trinajstić information content (AvgIpc) is 3.65. The van der Waals surface area contributed by atoms with Gasteiger partial charge < -0.3 is 0 Å². The van der Waals surface area contributed by atoms with Gasteiger partial charge in [-0.05, 0) is 132 Å². The fourth-order valence-electron chi connectivity index (χ4n) is 12.5. The fraction of sp³-hybridized carbons (Fsp3) is 0.766. The lowest BCUT2D eigenvalue weighted by atomic mass is 9.78. The maximum atomic E-state index is 12.4. The van der Waals surface area contributed by atoms with Gasteiger partial charge in [-0.2, -0.15) is 0 Å². The summed E-state index contributed by atoms with van der Waals surface area (Å²) in [6.45, 7) is 0. The summed E-state index contributed by atoms with van der Waals surface area (Å²) in [4.78, 5) is 21.0. The maximum Gasteiger partial charge on any atom is 0.160 e. The number of carbonyl (C=O) groups excluding carboxylic acids is 1. The minimum atomic E-state index is 0.620. The molecule has 6 aliphatic rings. The summed E-state index contributed by atoms with van der Waals surface area (Å²) < 4.78 is 0. The van der Waals surface area contributed by atoms with E-state index in [1.54, 1.807) is 11.3 Å². The lowest BCUT2D eigenvalue weighted by molar-refractivity contribution is 0.0197. The van der Waals surface area contributed by atoms with Crippen LogP contribution in [0.3, 0.4) is 0 Å². The molecule has 0 spiro atoms. The molecule has 1 heterocycles. The summed E-state index contributed by atoms with van der Waals surface area (Å²) in [5.41, 5.74) is 3.96. The molecular formula is C47H70N2OS. The van der Waals surface area contributed by atoms with Gasteiger partial charge in [0, 0.05) is 46.7 Å². The Morgan fingerprint density at radius 3 is 1.22 bits per heavy atom. The highest BCUT2D eigenvalue weighted by Gasteiger charge is 2.38. The van der Waals surface area contributed by atoms with Crippen LogP contribution in [0, 0.1) is 0 Å². The molecule has 3 nitrogen and oxygen atoms in total. The molecule has 0 N–H and O–H groups in total. The van der Waals surface area contributed by atoms with E-state index < -0.39 is 0 Å². The van der Waals surface area contributed by atoms with Crippen LogP contribution in [0.1, 0.15) is 212 Å². The van der Waals surface area contributed by atoms with Crippen LogP contribution in [-0.4, -0.2) is 52.3 Å². The van der Waals surface area contributed by atoms with Gasteiger partial charge in [-0.15, -0.1) is 11.3 Å². The zero-order chi connectivity index (χ0) is 34.4. The van der Waals surface area contributed by atoms with Crippen molar-refractivity contribution in [3.8, 4) is 11.1 Å². The summed E-state index contributed by atoms with van der Waals surface area (Å²) in [5, 5.41) is 0. The average molecular weight is 711 g/mol. The van der Waals surface area contributed by atoms with Gasteiger partial charge >= 0.3 is 0 Å². The van der Waals surface area contributed by atoms with Crippen LogP contribution in [-0.2, 0) is 0 Å². The molecule has 0 bridgehead atoms. The Bertz CT molecular complexity index is 1310. The number of hydrogen-bond acceptors (Lipinski definition) is 4. The Labute approximate surface area is 315 Å². The predicted molar refractivity (Wildman–Crippen MR) is 216 cm³/mol. The van der Waals surface area contributed by atoms with Gasteiger partial charge in [0.1, 0.15) is 0 Å². The SMILES string of the molecule is O=Cc1sc(C2CCC(N(C3CCCCC3)C3CCCCC3)CC2)cc1-c1ccc(C2CCC(N(C3CCCCC3)C3CCCCC3)CC2)cc1. The molecule has 0 unspecified atom stereocenters. The number of rotatable bonds is 10. The van der Waals surface area contributed by atoms with Crippen LogP contribution in [0.5, 0.6) is 0 Å². The third-order valence-corrected chi connectivity index (χ3v) is 16.4. The molecule has 280 valence electrons. The van der Waals surface area contributed by atoms with Gasteiger partial charge in [-0.3, -0.25) is 14.6 Å². The van der Waals surface area contributed by atoms with E-state index in [9.17, 15) is 4.79 Å². The number of nitrogens with zero attached hydrogens (tertiary/aromatic N) is 2. The molecule has 2 aromatic rings. The Morgan fingerprint density at radius 1 is 0.451 bits per heavy atom. The number of carbonyl (C=O) groups is 1. The van der Waals surface area contributed by atoms with E-state index in [0.29, 0.717) is 11.8 Å². The summed E-state index contributed by atoms with van der Waals surface area (Å²) in [6, 6.07) is 16.9. The zero-order valence-corrected chi connectivity index (χ0v) is 32.9. The van der Waals surface area contributed by atoms with E-state index in [-0.39, 0.29) is 0 Å². The summed E-state index contributed by atoms with van der Waals surface area (Å²) >= 11 is 1.80. The van der Waals surface area contributed by atoms with Crippen molar-refractivity contribution in [2.75, 3.05) is 0 Å². The fourth-order valence-corrected chi connectivity index (χ4v) is 13.7. The molecule has 8 rings (SSSR count).